The van der Waals surface area contributed by atoms with E-state index in [4.69, 9.17) is 14.2 Å². The molecule has 2 heterocycles. The number of esters is 1. The minimum Gasteiger partial charge on any atom is -0.485 e. The Morgan fingerprint density at radius 3 is 2.52 bits per heavy atom. The van der Waals surface area contributed by atoms with Crippen LogP contribution in [-0.2, 0) is 24.2 Å². The van der Waals surface area contributed by atoms with Gasteiger partial charge in [-0.3, -0.25) is 4.79 Å². The molecule has 3 aliphatic rings. The lowest BCUT2D eigenvalue weighted by molar-refractivity contribution is -0.160. The van der Waals surface area contributed by atoms with Crippen molar-refractivity contribution in [2.45, 2.75) is 37.5 Å². The lowest BCUT2D eigenvalue weighted by Crippen LogP contribution is -2.46. The molecule has 1 aliphatic carbocycles. The molecule has 2 aliphatic heterocycles. The predicted molar refractivity (Wildman–Crippen MR) is 94.2 cm³/mol. The molecule has 9 heteroatoms. The highest BCUT2D eigenvalue weighted by molar-refractivity contribution is 7.91. The van der Waals surface area contributed by atoms with Gasteiger partial charge in [0.05, 0.1) is 11.5 Å². The number of amides is 1. The first-order chi connectivity index (χ1) is 12.9. The molecular formula is C18H21NO7S. The molecule has 4 rings (SSSR count). The van der Waals surface area contributed by atoms with Crippen LogP contribution in [0.25, 0.3) is 0 Å². The number of fused-ring (bicyclic) bond motifs is 1. The lowest BCUT2D eigenvalue weighted by Gasteiger charge is -2.29. The second-order valence-corrected chi connectivity index (χ2v) is 9.29. The summed E-state index contributed by atoms with van der Waals surface area (Å²) < 4.78 is 39.7. The van der Waals surface area contributed by atoms with E-state index in [1.54, 1.807) is 29.2 Å². The van der Waals surface area contributed by atoms with E-state index in [0.29, 0.717) is 17.9 Å². The van der Waals surface area contributed by atoms with Gasteiger partial charge in [0.1, 0.15) is 6.61 Å². The zero-order chi connectivity index (χ0) is 19.0. The maximum Gasteiger partial charge on any atom is 0.351 e. The van der Waals surface area contributed by atoms with Gasteiger partial charge in [0.25, 0.3) is 5.91 Å². The summed E-state index contributed by atoms with van der Waals surface area (Å²) in [6.45, 7) is -0.412. The number of para-hydroxylation sites is 2. The third kappa shape index (κ3) is 4.02. The average molecular weight is 395 g/mol. The Labute approximate surface area is 157 Å². The van der Waals surface area contributed by atoms with Crippen molar-refractivity contribution in [1.29, 1.82) is 0 Å². The summed E-state index contributed by atoms with van der Waals surface area (Å²) in [5.41, 5.74) is 0. The summed E-state index contributed by atoms with van der Waals surface area (Å²) in [5.74, 6) is 0.0608. The number of carbonyl (C=O) groups is 2. The molecule has 0 aromatic heterocycles. The van der Waals surface area contributed by atoms with E-state index in [0.717, 1.165) is 12.8 Å². The van der Waals surface area contributed by atoms with Gasteiger partial charge < -0.3 is 19.1 Å². The molecule has 0 unspecified atom stereocenters. The van der Waals surface area contributed by atoms with Gasteiger partial charge >= 0.3 is 5.97 Å². The number of hydrogen-bond donors (Lipinski definition) is 0. The van der Waals surface area contributed by atoms with Crippen LogP contribution in [0.2, 0.25) is 0 Å². The fraction of sp³-hybridized carbons (Fsp3) is 0.556. The minimum atomic E-state index is -3.09. The van der Waals surface area contributed by atoms with E-state index in [1.165, 1.54) is 0 Å². The van der Waals surface area contributed by atoms with Crippen LogP contribution >= 0.6 is 0 Å². The minimum absolute atomic E-state index is 0.0112. The fourth-order valence-electron chi connectivity index (χ4n) is 3.49. The molecule has 1 aromatic carbocycles. The zero-order valence-corrected chi connectivity index (χ0v) is 15.5. The van der Waals surface area contributed by atoms with Crippen LogP contribution in [0.4, 0.5) is 0 Å². The Kier molecular flexibility index (Phi) is 4.71. The van der Waals surface area contributed by atoms with E-state index in [1.807, 2.05) is 0 Å². The summed E-state index contributed by atoms with van der Waals surface area (Å²) in [6, 6.07) is 6.72. The Bertz CT molecular complexity index is 849. The Balaban J connectivity index is 1.34. The smallest absolute Gasteiger partial charge is 0.351 e. The highest BCUT2D eigenvalue weighted by Crippen LogP contribution is 2.33. The quantitative estimate of drug-likeness (QED) is 0.671. The van der Waals surface area contributed by atoms with Gasteiger partial charge in [-0.25, -0.2) is 13.2 Å². The largest absolute Gasteiger partial charge is 0.485 e. The van der Waals surface area contributed by atoms with Crippen LogP contribution < -0.4 is 9.47 Å². The first-order valence-corrected chi connectivity index (χ1v) is 10.8. The first kappa shape index (κ1) is 18.1. The standard InChI is InChI=1S/C18H21NO7S/c20-17(19(12-5-6-12)13-7-8-27(22,23)11-13)10-25-18(21)16-9-24-14-3-1-2-4-15(14)26-16/h1-4,12-13,16H,5-11H2/t13-,16-/m1/s1. The van der Waals surface area contributed by atoms with Gasteiger partial charge in [0.2, 0.25) is 6.10 Å². The SMILES string of the molecule is O=C(OCC(=O)N(C1CC1)[C@@H]1CCS(=O)(=O)C1)[C@H]1COc2ccccc2O1. The van der Waals surface area contributed by atoms with Crippen LogP contribution in [0.5, 0.6) is 11.5 Å². The van der Waals surface area contributed by atoms with Gasteiger partial charge in [0.15, 0.2) is 27.9 Å². The van der Waals surface area contributed by atoms with Crippen molar-refractivity contribution in [3.8, 4) is 11.5 Å². The molecule has 0 bridgehead atoms. The Hall–Kier alpha value is -2.29. The molecular weight excluding hydrogens is 374 g/mol. The number of hydrogen-bond acceptors (Lipinski definition) is 7. The van der Waals surface area contributed by atoms with Crippen molar-refractivity contribution >= 4 is 21.7 Å². The highest BCUT2D eigenvalue weighted by atomic mass is 32.2. The molecule has 0 spiro atoms. The number of sulfone groups is 1. The van der Waals surface area contributed by atoms with Crippen LogP contribution in [0.15, 0.2) is 24.3 Å². The van der Waals surface area contributed by atoms with Crippen LogP contribution in [-0.4, -0.2) is 68.1 Å². The summed E-state index contributed by atoms with van der Waals surface area (Å²) in [5, 5.41) is 0. The van der Waals surface area contributed by atoms with Crippen molar-refractivity contribution in [2.24, 2.45) is 0 Å². The molecule has 1 amide bonds. The van der Waals surface area contributed by atoms with Gasteiger partial charge in [0, 0.05) is 12.1 Å². The van der Waals surface area contributed by atoms with Crippen molar-refractivity contribution in [1.82, 2.24) is 4.90 Å². The second-order valence-electron chi connectivity index (χ2n) is 7.06. The monoisotopic (exact) mass is 395 g/mol. The number of rotatable bonds is 5. The maximum atomic E-state index is 12.6. The van der Waals surface area contributed by atoms with Gasteiger partial charge in [-0.1, -0.05) is 12.1 Å². The molecule has 146 valence electrons. The van der Waals surface area contributed by atoms with Gasteiger partial charge in [-0.2, -0.15) is 0 Å². The zero-order valence-electron chi connectivity index (χ0n) is 14.7. The first-order valence-electron chi connectivity index (χ1n) is 9.00. The van der Waals surface area contributed by atoms with Crippen molar-refractivity contribution in [2.75, 3.05) is 24.7 Å². The van der Waals surface area contributed by atoms with E-state index in [9.17, 15) is 18.0 Å². The molecule has 1 saturated carbocycles. The number of benzene rings is 1. The lowest BCUT2D eigenvalue weighted by atomic mass is 10.2. The molecule has 8 nitrogen and oxygen atoms in total. The van der Waals surface area contributed by atoms with Crippen molar-refractivity contribution in [3.63, 3.8) is 0 Å². The summed E-state index contributed by atoms with van der Waals surface area (Å²) in [4.78, 5) is 26.4. The summed E-state index contributed by atoms with van der Waals surface area (Å²) >= 11 is 0. The van der Waals surface area contributed by atoms with Crippen molar-refractivity contribution < 1.29 is 32.2 Å². The molecule has 1 aromatic rings. The molecule has 0 radical (unpaired) electrons. The number of ether oxygens (including phenoxy) is 3. The predicted octanol–water partition coefficient (Wildman–Crippen LogP) is 0.548. The maximum absolute atomic E-state index is 12.6. The number of carbonyl (C=O) groups excluding carboxylic acids is 2. The average Bonchev–Trinajstić information content (AvgIpc) is 3.42. The molecule has 27 heavy (non-hydrogen) atoms. The number of nitrogens with zero attached hydrogens (tertiary/aromatic N) is 1. The summed E-state index contributed by atoms with van der Waals surface area (Å²) in [6.07, 6.45) is 1.21. The van der Waals surface area contributed by atoms with Crippen LogP contribution in [0, 0.1) is 0 Å². The van der Waals surface area contributed by atoms with Crippen LogP contribution in [0.3, 0.4) is 0 Å². The molecule has 2 fully saturated rings. The second kappa shape index (κ2) is 7.03. The summed E-state index contributed by atoms with van der Waals surface area (Å²) in [7, 11) is -3.09. The molecule has 0 N–H and O–H groups in total. The third-order valence-electron chi connectivity index (χ3n) is 4.94. The van der Waals surface area contributed by atoms with Crippen molar-refractivity contribution in [3.05, 3.63) is 24.3 Å². The molecule has 1 saturated heterocycles. The molecule has 2 atom stereocenters. The van der Waals surface area contributed by atoms with E-state index >= 15 is 0 Å². The Morgan fingerprint density at radius 1 is 1.11 bits per heavy atom. The third-order valence-corrected chi connectivity index (χ3v) is 6.69. The van der Waals surface area contributed by atoms with E-state index in [-0.39, 0.29) is 36.1 Å². The fourth-order valence-corrected chi connectivity index (χ4v) is 5.20. The van der Waals surface area contributed by atoms with E-state index < -0.39 is 28.5 Å². The normalized spacial score (nSPS) is 25.6. The highest BCUT2D eigenvalue weighted by Gasteiger charge is 2.42. The Morgan fingerprint density at radius 2 is 1.85 bits per heavy atom. The van der Waals surface area contributed by atoms with Gasteiger partial charge in [-0.05, 0) is 31.4 Å². The van der Waals surface area contributed by atoms with Gasteiger partial charge in [-0.15, -0.1) is 0 Å². The van der Waals surface area contributed by atoms with Crippen LogP contribution in [0.1, 0.15) is 19.3 Å². The van der Waals surface area contributed by atoms with E-state index in [2.05, 4.69) is 0 Å². The topological polar surface area (TPSA) is 99.2 Å².